The molecule has 0 heterocycles. The van der Waals surface area contributed by atoms with Crippen LogP contribution in [0.4, 0.5) is 11.4 Å². The number of benzene rings is 3. The molecule has 3 aromatic rings. The van der Waals surface area contributed by atoms with Gasteiger partial charge in [0.25, 0.3) is 20.2 Å². The Morgan fingerprint density at radius 3 is 1.79 bits per heavy atom. The van der Waals surface area contributed by atoms with E-state index in [-0.39, 0.29) is 86.0 Å². The van der Waals surface area contributed by atoms with Crippen LogP contribution in [0.1, 0.15) is 0 Å². The van der Waals surface area contributed by atoms with Crippen molar-refractivity contribution in [3.63, 3.8) is 0 Å². The third kappa shape index (κ3) is 6.31. The molecule has 0 aliphatic carbocycles. The number of hydrogen-bond acceptors (Lipinski definition) is 7. The third-order valence-electron chi connectivity index (χ3n) is 3.64. The number of nitrogens with zero attached hydrogens (tertiary/aromatic N) is 2. The second kappa shape index (κ2) is 9.96. The predicted octanol–water partition coefficient (Wildman–Crippen LogP) is 2.16. The maximum atomic E-state index is 11.2. The first-order valence-electron chi connectivity index (χ1n) is 7.28. The summed E-state index contributed by atoms with van der Waals surface area (Å²) >= 11 is 0. The van der Waals surface area contributed by atoms with E-state index in [1.165, 1.54) is 36.4 Å². The van der Waals surface area contributed by atoms with Gasteiger partial charge in [-0.2, -0.15) is 21.9 Å². The average molecular weight is 456 g/mol. The fraction of sp³-hybridized carbons (Fsp3) is 0. The zero-order chi connectivity index (χ0) is 19.8. The Labute approximate surface area is 210 Å². The van der Waals surface area contributed by atoms with Crippen LogP contribution >= 0.6 is 0 Å². The third-order valence-corrected chi connectivity index (χ3v) is 5.36. The fourth-order valence-corrected chi connectivity index (χ4v) is 3.33. The summed E-state index contributed by atoms with van der Waals surface area (Å²) in [7, 11) is -8.69. The van der Waals surface area contributed by atoms with Crippen molar-refractivity contribution >= 4 is 101 Å². The van der Waals surface area contributed by atoms with Gasteiger partial charge in [-0.3, -0.25) is 9.11 Å². The quantitative estimate of drug-likeness (QED) is 0.309. The van der Waals surface area contributed by atoms with Crippen molar-refractivity contribution in [1.29, 1.82) is 0 Å². The molecule has 0 spiro atoms. The molecule has 0 saturated heterocycles. The van der Waals surface area contributed by atoms with Crippen molar-refractivity contribution in [2.75, 3.05) is 0 Å². The van der Waals surface area contributed by atoms with Gasteiger partial charge in [-0.1, -0.05) is 12.1 Å². The zero-order valence-electron chi connectivity index (χ0n) is 13.4. The van der Waals surface area contributed by atoms with E-state index in [4.69, 9.17) is 9.11 Å². The zero-order valence-corrected chi connectivity index (χ0v) is 15.0. The van der Waals surface area contributed by atoms with E-state index in [0.717, 1.165) is 18.2 Å². The number of hydrogen-bond donors (Lipinski definition) is 3. The van der Waals surface area contributed by atoms with Crippen LogP contribution in [0.25, 0.3) is 10.8 Å². The number of phenolic OH excluding ortho intramolecular Hbond substituents is 1. The summed E-state index contributed by atoms with van der Waals surface area (Å²) in [5.41, 5.74) is 0.321. The van der Waals surface area contributed by atoms with Gasteiger partial charge >= 0.3 is 59.1 Å². The SMILES string of the molecule is O=S(=O)(O)c1ccc(N=Nc2c(O)ccc3cc(S(=O)(=O)O)ccc23)cc1.[NaH].[NaH]. The van der Waals surface area contributed by atoms with Crippen LogP contribution in [-0.4, -0.2) is 90.2 Å². The van der Waals surface area contributed by atoms with Gasteiger partial charge in [-0.15, -0.1) is 5.11 Å². The fourth-order valence-electron chi connectivity index (χ4n) is 2.34. The molecule has 0 saturated carbocycles. The van der Waals surface area contributed by atoms with Gasteiger partial charge in [0, 0.05) is 5.39 Å². The van der Waals surface area contributed by atoms with Crippen molar-refractivity contribution < 1.29 is 31.0 Å². The molecule has 0 radical (unpaired) electrons. The summed E-state index contributed by atoms with van der Waals surface area (Å²) in [5, 5.41) is 18.7. The first kappa shape index (κ1) is 26.2. The van der Waals surface area contributed by atoms with Gasteiger partial charge in [-0.05, 0) is 47.9 Å². The average Bonchev–Trinajstić information content (AvgIpc) is 2.59. The van der Waals surface area contributed by atoms with Crippen LogP contribution < -0.4 is 0 Å². The molecular formula is C16H14N2Na2O7S2. The first-order valence-corrected chi connectivity index (χ1v) is 10.2. The van der Waals surface area contributed by atoms with Crippen LogP contribution in [-0.2, 0) is 20.2 Å². The summed E-state index contributed by atoms with van der Waals surface area (Å²) < 4.78 is 62.6. The molecule has 0 bridgehead atoms. The van der Waals surface area contributed by atoms with Crippen LogP contribution in [0.2, 0.25) is 0 Å². The molecule has 3 rings (SSSR count). The summed E-state index contributed by atoms with van der Waals surface area (Å²) in [6.07, 6.45) is 0. The molecular weight excluding hydrogens is 442 g/mol. The Morgan fingerprint density at radius 1 is 0.690 bits per heavy atom. The Morgan fingerprint density at radius 2 is 1.24 bits per heavy atom. The van der Waals surface area contributed by atoms with Gasteiger partial charge in [0.2, 0.25) is 0 Å². The van der Waals surface area contributed by atoms with E-state index in [1.807, 2.05) is 0 Å². The van der Waals surface area contributed by atoms with E-state index in [1.54, 1.807) is 0 Å². The van der Waals surface area contributed by atoms with Crippen LogP contribution in [0.3, 0.4) is 0 Å². The second-order valence-electron chi connectivity index (χ2n) is 5.46. The molecule has 9 nitrogen and oxygen atoms in total. The molecule has 13 heteroatoms. The molecule has 0 aliphatic rings. The Hall–Kier alpha value is -0.860. The molecule has 3 aromatic carbocycles. The van der Waals surface area contributed by atoms with Gasteiger partial charge < -0.3 is 5.11 Å². The van der Waals surface area contributed by atoms with E-state index in [9.17, 15) is 21.9 Å². The van der Waals surface area contributed by atoms with Gasteiger partial charge in [0.05, 0.1) is 15.5 Å². The van der Waals surface area contributed by atoms with E-state index in [2.05, 4.69) is 10.2 Å². The Bertz CT molecular complexity index is 1280. The van der Waals surface area contributed by atoms with Crippen molar-refractivity contribution in [2.45, 2.75) is 9.79 Å². The monoisotopic (exact) mass is 456 g/mol. The summed E-state index contributed by atoms with van der Waals surface area (Å²) in [6.45, 7) is 0. The normalized spacial score (nSPS) is 11.8. The van der Waals surface area contributed by atoms with Crippen LogP contribution in [0.15, 0.2) is 74.6 Å². The number of rotatable bonds is 4. The van der Waals surface area contributed by atoms with Gasteiger partial charge in [0.1, 0.15) is 11.4 Å². The molecule has 0 aliphatic heterocycles. The standard InChI is InChI=1S/C16H12N2O7S2.2Na.2H/c19-15-8-1-10-9-13(27(23,24)25)6-7-14(10)16(15)18-17-11-2-4-12(5-3-11)26(20,21)22;;;;/h1-9,19H,(H,20,21,22)(H,23,24,25);;;;. The summed E-state index contributed by atoms with van der Waals surface area (Å²) in [4.78, 5) is -0.600. The number of fused-ring (bicyclic) bond motifs is 1. The van der Waals surface area contributed by atoms with Gasteiger partial charge in [-0.25, -0.2) is 0 Å². The molecule has 0 atom stereocenters. The molecule has 0 unspecified atom stereocenters. The van der Waals surface area contributed by atoms with Gasteiger partial charge in [0.15, 0.2) is 0 Å². The number of phenols is 1. The van der Waals surface area contributed by atoms with E-state index >= 15 is 0 Å². The minimum absolute atomic E-state index is 0. The van der Waals surface area contributed by atoms with Crippen molar-refractivity contribution in [3.05, 3.63) is 54.6 Å². The number of azo groups is 1. The van der Waals surface area contributed by atoms with E-state index < -0.39 is 20.2 Å². The number of aromatic hydroxyl groups is 1. The Kier molecular flexibility index (Phi) is 8.99. The minimum atomic E-state index is -4.37. The molecule has 0 fully saturated rings. The van der Waals surface area contributed by atoms with Crippen molar-refractivity contribution in [1.82, 2.24) is 0 Å². The second-order valence-corrected chi connectivity index (χ2v) is 8.30. The molecule has 144 valence electrons. The first-order chi connectivity index (χ1) is 12.6. The van der Waals surface area contributed by atoms with Crippen LogP contribution in [0.5, 0.6) is 5.75 Å². The molecule has 3 N–H and O–H groups in total. The van der Waals surface area contributed by atoms with Crippen LogP contribution in [0, 0.1) is 0 Å². The van der Waals surface area contributed by atoms with E-state index in [0.29, 0.717) is 10.8 Å². The molecule has 0 amide bonds. The molecule has 29 heavy (non-hydrogen) atoms. The summed E-state index contributed by atoms with van der Waals surface area (Å²) in [5.74, 6) is -0.208. The maximum absolute atomic E-state index is 11.2. The summed E-state index contributed by atoms with van der Waals surface area (Å²) in [6, 6.07) is 11.4. The van der Waals surface area contributed by atoms with Crippen molar-refractivity contribution in [3.8, 4) is 5.75 Å². The Balaban J connectivity index is 0.00000210. The molecule has 0 aromatic heterocycles. The van der Waals surface area contributed by atoms with Crippen molar-refractivity contribution in [2.24, 2.45) is 10.2 Å². The predicted molar refractivity (Wildman–Crippen MR) is 110 cm³/mol. The topological polar surface area (TPSA) is 154 Å².